The Bertz CT molecular complexity index is 794. The number of carboxylic acid groups (broad SMARTS) is 1. The quantitative estimate of drug-likeness (QED) is 0.828. The SMILES string of the molecule is CCOc1ccc(-c2cc3c(cc2C)[C@H](NC(=O)O)C(C)(C)C3)cc1. The Balaban J connectivity index is 1.99. The molecule has 2 aromatic carbocycles. The summed E-state index contributed by atoms with van der Waals surface area (Å²) in [6.07, 6.45) is -0.114. The minimum atomic E-state index is -0.973. The van der Waals surface area contributed by atoms with Crippen LogP contribution >= 0.6 is 0 Å². The molecule has 132 valence electrons. The molecule has 4 heteroatoms. The van der Waals surface area contributed by atoms with Crippen LogP contribution in [0.3, 0.4) is 0 Å². The van der Waals surface area contributed by atoms with Crippen molar-refractivity contribution in [1.29, 1.82) is 0 Å². The predicted octanol–water partition coefficient (Wildman–Crippen LogP) is 4.95. The summed E-state index contributed by atoms with van der Waals surface area (Å²) < 4.78 is 5.52. The molecule has 1 aliphatic rings. The van der Waals surface area contributed by atoms with Gasteiger partial charge in [0.05, 0.1) is 12.6 Å². The van der Waals surface area contributed by atoms with Crippen LogP contribution < -0.4 is 10.1 Å². The lowest BCUT2D eigenvalue weighted by molar-refractivity contribution is 0.175. The van der Waals surface area contributed by atoms with E-state index in [1.165, 1.54) is 11.1 Å². The average molecular weight is 339 g/mol. The van der Waals surface area contributed by atoms with Crippen molar-refractivity contribution in [3.63, 3.8) is 0 Å². The summed E-state index contributed by atoms with van der Waals surface area (Å²) in [6.45, 7) is 8.93. The molecular weight excluding hydrogens is 314 g/mol. The van der Waals surface area contributed by atoms with E-state index >= 15 is 0 Å². The zero-order chi connectivity index (χ0) is 18.2. The lowest BCUT2D eigenvalue weighted by atomic mass is 9.85. The van der Waals surface area contributed by atoms with Crippen LogP contribution in [0.15, 0.2) is 36.4 Å². The molecule has 0 heterocycles. The third-order valence-corrected chi connectivity index (χ3v) is 4.97. The Kier molecular flexibility index (Phi) is 4.46. The fourth-order valence-electron chi connectivity index (χ4n) is 3.82. The Morgan fingerprint density at radius 2 is 1.96 bits per heavy atom. The summed E-state index contributed by atoms with van der Waals surface area (Å²) in [5.74, 6) is 0.872. The molecule has 1 aliphatic carbocycles. The van der Waals surface area contributed by atoms with E-state index in [-0.39, 0.29) is 11.5 Å². The van der Waals surface area contributed by atoms with Crippen molar-refractivity contribution in [2.24, 2.45) is 5.41 Å². The molecule has 0 fully saturated rings. The number of nitrogens with one attached hydrogen (secondary N) is 1. The number of fused-ring (bicyclic) bond motifs is 1. The molecule has 0 saturated carbocycles. The van der Waals surface area contributed by atoms with Gasteiger partial charge in [-0.1, -0.05) is 38.1 Å². The molecule has 0 saturated heterocycles. The molecule has 0 radical (unpaired) electrons. The van der Waals surface area contributed by atoms with E-state index in [4.69, 9.17) is 4.74 Å². The first kappa shape index (κ1) is 17.3. The van der Waals surface area contributed by atoms with Crippen LogP contribution in [0.2, 0.25) is 0 Å². The highest BCUT2D eigenvalue weighted by Gasteiger charge is 2.40. The van der Waals surface area contributed by atoms with Crippen molar-refractivity contribution in [2.45, 2.75) is 40.2 Å². The summed E-state index contributed by atoms with van der Waals surface area (Å²) >= 11 is 0. The molecule has 0 spiro atoms. The van der Waals surface area contributed by atoms with Crippen molar-refractivity contribution in [3.05, 3.63) is 53.1 Å². The number of amides is 1. The zero-order valence-corrected chi connectivity index (χ0v) is 15.2. The first-order chi connectivity index (χ1) is 11.8. The summed E-state index contributed by atoms with van der Waals surface area (Å²) in [7, 11) is 0. The predicted molar refractivity (Wildman–Crippen MR) is 99.2 cm³/mol. The monoisotopic (exact) mass is 339 g/mol. The van der Waals surface area contributed by atoms with Gasteiger partial charge in [0.25, 0.3) is 0 Å². The van der Waals surface area contributed by atoms with Crippen LogP contribution in [-0.2, 0) is 6.42 Å². The molecule has 1 amide bonds. The Morgan fingerprint density at radius 3 is 2.56 bits per heavy atom. The van der Waals surface area contributed by atoms with Gasteiger partial charge >= 0.3 is 6.09 Å². The van der Waals surface area contributed by atoms with E-state index in [1.54, 1.807) is 0 Å². The minimum absolute atomic E-state index is 0.134. The second kappa shape index (κ2) is 6.43. The maximum Gasteiger partial charge on any atom is 0.405 e. The lowest BCUT2D eigenvalue weighted by Crippen LogP contribution is -2.34. The largest absolute Gasteiger partial charge is 0.494 e. The summed E-state index contributed by atoms with van der Waals surface area (Å²) in [5, 5.41) is 11.9. The van der Waals surface area contributed by atoms with E-state index in [9.17, 15) is 9.90 Å². The molecule has 1 atom stereocenters. The van der Waals surface area contributed by atoms with E-state index < -0.39 is 6.09 Å². The van der Waals surface area contributed by atoms with E-state index in [1.807, 2.05) is 19.1 Å². The van der Waals surface area contributed by atoms with Gasteiger partial charge in [0, 0.05) is 0 Å². The van der Waals surface area contributed by atoms with Gasteiger partial charge in [0.1, 0.15) is 5.75 Å². The first-order valence-electron chi connectivity index (χ1n) is 8.68. The molecule has 3 rings (SSSR count). The summed E-state index contributed by atoms with van der Waals surface area (Å²) in [4.78, 5) is 11.2. The highest BCUT2D eigenvalue weighted by Crippen LogP contribution is 2.47. The van der Waals surface area contributed by atoms with Gasteiger partial charge in [-0.15, -0.1) is 0 Å². The van der Waals surface area contributed by atoms with Gasteiger partial charge in [-0.25, -0.2) is 4.79 Å². The Labute approximate surface area is 148 Å². The van der Waals surface area contributed by atoms with Crippen LogP contribution in [0.5, 0.6) is 5.75 Å². The van der Waals surface area contributed by atoms with E-state index in [0.29, 0.717) is 6.61 Å². The van der Waals surface area contributed by atoms with Gasteiger partial charge in [-0.2, -0.15) is 0 Å². The maximum atomic E-state index is 11.2. The number of carbonyl (C=O) groups is 1. The highest BCUT2D eigenvalue weighted by atomic mass is 16.5. The molecule has 0 aromatic heterocycles. The fourth-order valence-corrected chi connectivity index (χ4v) is 3.82. The smallest absolute Gasteiger partial charge is 0.405 e. The lowest BCUT2D eigenvalue weighted by Gasteiger charge is -2.27. The standard InChI is InChI=1S/C21H25NO3/c1-5-25-16-8-6-14(7-9-16)17-11-15-12-21(3,4)19(22-20(23)24)18(15)10-13(17)2/h6-11,19,22H,5,12H2,1-4H3,(H,23,24)/t19-/m0/s1. The average Bonchev–Trinajstić information content (AvgIpc) is 2.78. The zero-order valence-electron chi connectivity index (χ0n) is 15.2. The van der Waals surface area contributed by atoms with Gasteiger partial charge < -0.3 is 15.2 Å². The van der Waals surface area contributed by atoms with Crippen LogP contribution in [-0.4, -0.2) is 17.8 Å². The first-order valence-corrected chi connectivity index (χ1v) is 8.68. The van der Waals surface area contributed by atoms with Crippen LogP contribution in [0.25, 0.3) is 11.1 Å². The number of hydrogen-bond acceptors (Lipinski definition) is 2. The number of rotatable bonds is 4. The van der Waals surface area contributed by atoms with Crippen molar-refractivity contribution in [1.82, 2.24) is 5.32 Å². The Hall–Kier alpha value is -2.49. The normalized spacial score (nSPS) is 17.8. The van der Waals surface area contributed by atoms with Crippen LogP contribution in [0.1, 0.15) is 43.5 Å². The molecule has 25 heavy (non-hydrogen) atoms. The third kappa shape index (κ3) is 3.34. The minimum Gasteiger partial charge on any atom is -0.494 e. The van der Waals surface area contributed by atoms with E-state index in [0.717, 1.165) is 28.9 Å². The number of aryl methyl sites for hydroxylation is 1. The maximum absolute atomic E-state index is 11.2. The number of hydrogen-bond donors (Lipinski definition) is 2. The Morgan fingerprint density at radius 1 is 1.28 bits per heavy atom. The third-order valence-electron chi connectivity index (χ3n) is 4.97. The van der Waals surface area contributed by atoms with Gasteiger partial charge in [0.2, 0.25) is 0 Å². The molecule has 0 bridgehead atoms. The van der Waals surface area contributed by atoms with Gasteiger partial charge in [-0.3, -0.25) is 0 Å². The van der Waals surface area contributed by atoms with Crippen molar-refractivity contribution in [2.75, 3.05) is 6.61 Å². The van der Waals surface area contributed by atoms with Crippen molar-refractivity contribution in [3.8, 4) is 16.9 Å². The summed E-state index contributed by atoms with van der Waals surface area (Å²) in [5.41, 5.74) is 5.67. The second-order valence-electron chi connectivity index (χ2n) is 7.37. The molecular formula is C21H25NO3. The highest BCUT2D eigenvalue weighted by molar-refractivity contribution is 5.71. The van der Waals surface area contributed by atoms with Crippen LogP contribution in [0.4, 0.5) is 4.79 Å². The molecule has 4 nitrogen and oxygen atoms in total. The van der Waals surface area contributed by atoms with Crippen molar-refractivity contribution >= 4 is 6.09 Å². The van der Waals surface area contributed by atoms with Gasteiger partial charge in [-0.05, 0) is 65.6 Å². The molecule has 0 unspecified atom stereocenters. The number of benzene rings is 2. The van der Waals surface area contributed by atoms with E-state index in [2.05, 4.69) is 50.4 Å². The van der Waals surface area contributed by atoms with Crippen LogP contribution in [0, 0.1) is 12.3 Å². The summed E-state index contributed by atoms with van der Waals surface area (Å²) in [6, 6.07) is 12.3. The molecule has 0 aliphatic heterocycles. The fraction of sp³-hybridized carbons (Fsp3) is 0.381. The van der Waals surface area contributed by atoms with Gasteiger partial charge in [0.15, 0.2) is 0 Å². The van der Waals surface area contributed by atoms with Crippen molar-refractivity contribution < 1.29 is 14.6 Å². The number of ether oxygens (including phenoxy) is 1. The molecule has 2 N–H and O–H groups in total. The topological polar surface area (TPSA) is 58.6 Å². The second-order valence-corrected chi connectivity index (χ2v) is 7.37. The molecule has 2 aromatic rings.